The molecule has 0 bridgehead atoms. The number of likely N-dealkylation sites (tertiary alicyclic amines) is 1. The Kier molecular flexibility index (Phi) is 4.64. The van der Waals surface area contributed by atoms with E-state index in [9.17, 15) is 0 Å². The van der Waals surface area contributed by atoms with Crippen LogP contribution in [-0.2, 0) is 0 Å². The van der Waals surface area contributed by atoms with E-state index in [1.165, 1.54) is 31.5 Å². The van der Waals surface area contributed by atoms with Gasteiger partial charge < -0.3 is 10.6 Å². The first-order valence-corrected chi connectivity index (χ1v) is 7.56. The maximum Gasteiger partial charge on any atom is 0.0359 e. The predicted octanol–water partition coefficient (Wildman–Crippen LogP) is 3.44. The van der Waals surface area contributed by atoms with Crippen LogP contribution in [0.15, 0.2) is 30.3 Å². The Balaban J connectivity index is 1.98. The molecule has 2 nitrogen and oxygen atoms in total. The Hall–Kier alpha value is -0.860. The van der Waals surface area contributed by atoms with Crippen molar-refractivity contribution in [3.8, 4) is 0 Å². The van der Waals surface area contributed by atoms with E-state index in [1.54, 1.807) is 0 Å². The topological polar surface area (TPSA) is 29.3 Å². The number of benzene rings is 1. The van der Waals surface area contributed by atoms with Crippen LogP contribution < -0.4 is 5.73 Å². The van der Waals surface area contributed by atoms with Gasteiger partial charge in [0.15, 0.2) is 0 Å². The molecule has 0 amide bonds. The van der Waals surface area contributed by atoms with Gasteiger partial charge in [0.1, 0.15) is 0 Å². The normalized spacial score (nSPS) is 22.6. The van der Waals surface area contributed by atoms with E-state index in [0.29, 0.717) is 0 Å². The summed E-state index contributed by atoms with van der Waals surface area (Å²) in [5, 5.41) is 0. The smallest absolute Gasteiger partial charge is 0.0359 e. The fraction of sp³-hybridized carbons (Fsp3) is 0.647. The van der Waals surface area contributed by atoms with Crippen molar-refractivity contribution in [2.24, 2.45) is 17.1 Å². The van der Waals surface area contributed by atoms with E-state index in [0.717, 1.165) is 12.5 Å². The molecule has 1 fully saturated rings. The second kappa shape index (κ2) is 6.06. The molecule has 1 aromatic rings. The lowest BCUT2D eigenvalue weighted by atomic mass is 9.80. The zero-order valence-corrected chi connectivity index (χ0v) is 12.6. The lowest BCUT2D eigenvalue weighted by Gasteiger charge is -2.35. The van der Waals surface area contributed by atoms with Crippen LogP contribution in [0.4, 0.5) is 0 Å². The number of hydrogen-bond donors (Lipinski definition) is 1. The second-order valence-corrected chi connectivity index (χ2v) is 6.67. The maximum absolute atomic E-state index is 6.49. The summed E-state index contributed by atoms with van der Waals surface area (Å²) in [6, 6.07) is 10.6. The summed E-state index contributed by atoms with van der Waals surface area (Å²) in [6.45, 7) is 10.5. The van der Waals surface area contributed by atoms with Crippen molar-refractivity contribution < 1.29 is 0 Å². The van der Waals surface area contributed by atoms with Crippen LogP contribution in [0, 0.1) is 11.3 Å². The Morgan fingerprint density at radius 2 is 2.00 bits per heavy atom. The van der Waals surface area contributed by atoms with Gasteiger partial charge in [0.2, 0.25) is 0 Å². The molecular formula is C17H28N2. The highest BCUT2D eigenvalue weighted by Crippen LogP contribution is 2.33. The summed E-state index contributed by atoms with van der Waals surface area (Å²) in [7, 11) is 0. The van der Waals surface area contributed by atoms with E-state index >= 15 is 0 Å². The quantitative estimate of drug-likeness (QED) is 0.878. The van der Waals surface area contributed by atoms with E-state index in [4.69, 9.17) is 5.73 Å². The fourth-order valence-electron chi connectivity index (χ4n) is 3.18. The summed E-state index contributed by atoms with van der Waals surface area (Å²) in [4.78, 5) is 2.59. The minimum atomic E-state index is 0.106. The molecule has 0 spiro atoms. The lowest BCUT2D eigenvalue weighted by Crippen LogP contribution is -2.40. The van der Waals surface area contributed by atoms with Gasteiger partial charge in [0.25, 0.3) is 0 Å². The molecule has 19 heavy (non-hydrogen) atoms. The molecule has 106 valence electrons. The van der Waals surface area contributed by atoms with Crippen molar-refractivity contribution >= 4 is 0 Å². The van der Waals surface area contributed by atoms with Crippen molar-refractivity contribution in [3.05, 3.63) is 35.9 Å². The Morgan fingerprint density at radius 3 is 2.58 bits per heavy atom. The molecule has 0 aromatic heterocycles. The van der Waals surface area contributed by atoms with Gasteiger partial charge in [-0.1, -0.05) is 57.5 Å². The summed E-state index contributed by atoms with van der Waals surface area (Å²) in [6.07, 6.45) is 2.66. The van der Waals surface area contributed by atoms with Crippen molar-refractivity contribution in [2.45, 2.75) is 39.7 Å². The molecule has 1 aromatic carbocycles. The molecule has 0 aliphatic carbocycles. The molecule has 1 aliphatic rings. The number of hydrogen-bond acceptors (Lipinski definition) is 2. The SMILES string of the molecule is CCC1CCN(CC(C)(C)C(N)c2ccccc2)C1. The van der Waals surface area contributed by atoms with Crippen molar-refractivity contribution in [1.29, 1.82) is 0 Å². The van der Waals surface area contributed by atoms with E-state index < -0.39 is 0 Å². The third kappa shape index (κ3) is 3.58. The van der Waals surface area contributed by atoms with Crippen molar-refractivity contribution in [1.82, 2.24) is 4.90 Å². The first kappa shape index (κ1) is 14.5. The molecule has 2 heteroatoms. The molecule has 2 rings (SSSR count). The van der Waals surface area contributed by atoms with Gasteiger partial charge in [-0.2, -0.15) is 0 Å². The zero-order chi connectivity index (χ0) is 13.9. The third-order valence-corrected chi connectivity index (χ3v) is 4.58. The van der Waals surface area contributed by atoms with Crippen molar-refractivity contribution in [3.63, 3.8) is 0 Å². The van der Waals surface area contributed by atoms with Gasteiger partial charge in [-0.05, 0) is 29.9 Å². The van der Waals surface area contributed by atoms with Crippen LogP contribution in [0.3, 0.4) is 0 Å². The molecule has 2 atom stereocenters. The van der Waals surface area contributed by atoms with Gasteiger partial charge in [-0.3, -0.25) is 0 Å². The third-order valence-electron chi connectivity index (χ3n) is 4.58. The van der Waals surface area contributed by atoms with Gasteiger partial charge in [-0.15, -0.1) is 0 Å². The highest BCUT2D eigenvalue weighted by atomic mass is 15.2. The molecule has 1 heterocycles. The predicted molar refractivity (Wildman–Crippen MR) is 82.0 cm³/mol. The standard InChI is InChI=1S/C17H28N2/c1-4-14-10-11-19(12-14)13-17(2,3)16(18)15-8-6-5-7-9-15/h5-9,14,16H,4,10-13,18H2,1-3H3. The number of nitrogens with zero attached hydrogens (tertiary/aromatic N) is 1. The summed E-state index contributed by atoms with van der Waals surface area (Å²) >= 11 is 0. The minimum Gasteiger partial charge on any atom is -0.323 e. The van der Waals surface area contributed by atoms with Crippen LogP contribution in [-0.4, -0.2) is 24.5 Å². The van der Waals surface area contributed by atoms with E-state index in [1.807, 2.05) is 0 Å². The molecule has 2 N–H and O–H groups in total. The lowest BCUT2D eigenvalue weighted by molar-refractivity contribution is 0.172. The van der Waals surface area contributed by atoms with Gasteiger partial charge in [0, 0.05) is 19.1 Å². The largest absolute Gasteiger partial charge is 0.323 e. The Bertz CT molecular complexity index is 386. The Morgan fingerprint density at radius 1 is 1.32 bits per heavy atom. The maximum atomic E-state index is 6.49. The fourth-order valence-corrected chi connectivity index (χ4v) is 3.18. The van der Waals surface area contributed by atoms with Crippen LogP contribution >= 0.6 is 0 Å². The first-order chi connectivity index (χ1) is 9.03. The minimum absolute atomic E-state index is 0.106. The van der Waals surface area contributed by atoms with E-state index in [-0.39, 0.29) is 11.5 Å². The average Bonchev–Trinajstić information content (AvgIpc) is 2.85. The second-order valence-electron chi connectivity index (χ2n) is 6.67. The number of nitrogens with two attached hydrogens (primary N) is 1. The van der Waals surface area contributed by atoms with Gasteiger partial charge >= 0.3 is 0 Å². The monoisotopic (exact) mass is 260 g/mol. The highest BCUT2D eigenvalue weighted by molar-refractivity contribution is 5.20. The van der Waals surface area contributed by atoms with Crippen LogP contribution in [0.2, 0.25) is 0 Å². The summed E-state index contributed by atoms with van der Waals surface area (Å²) in [5.74, 6) is 0.892. The van der Waals surface area contributed by atoms with E-state index in [2.05, 4.69) is 56.0 Å². The molecule has 2 unspecified atom stereocenters. The summed E-state index contributed by atoms with van der Waals surface area (Å²) in [5.41, 5.74) is 7.86. The molecule has 1 saturated heterocycles. The van der Waals surface area contributed by atoms with Crippen LogP contribution in [0.1, 0.15) is 45.2 Å². The van der Waals surface area contributed by atoms with Gasteiger partial charge in [0.05, 0.1) is 0 Å². The number of rotatable bonds is 5. The molecule has 0 radical (unpaired) electrons. The van der Waals surface area contributed by atoms with Crippen molar-refractivity contribution in [2.75, 3.05) is 19.6 Å². The van der Waals surface area contributed by atoms with Gasteiger partial charge in [-0.25, -0.2) is 0 Å². The Labute approximate surface area is 118 Å². The zero-order valence-electron chi connectivity index (χ0n) is 12.6. The first-order valence-electron chi connectivity index (χ1n) is 7.56. The van der Waals surface area contributed by atoms with Crippen LogP contribution in [0.25, 0.3) is 0 Å². The molecule has 1 aliphatic heterocycles. The molecule has 0 saturated carbocycles. The average molecular weight is 260 g/mol. The summed E-state index contributed by atoms with van der Waals surface area (Å²) < 4.78 is 0. The molecular weight excluding hydrogens is 232 g/mol. The highest BCUT2D eigenvalue weighted by Gasteiger charge is 2.32. The van der Waals surface area contributed by atoms with Crippen LogP contribution in [0.5, 0.6) is 0 Å².